The zero-order chi connectivity index (χ0) is 38.8. The highest BCUT2D eigenvalue weighted by Crippen LogP contribution is 2.27. The van der Waals surface area contributed by atoms with Crippen LogP contribution in [-0.2, 0) is 13.1 Å². The highest BCUT2D eigenvalue weighted by Gasteiger charge is 2.16. The molecule has 2 aliphatic heterocycles. The Bertz CT molecular complexity index is 1950. The lowest BCUT2D eigenvalue weighted by Gasteiger charge is -2.11. The second kappa shape index (κ2) is 22.1. The maximum absolute atomic E-state index is 4.24. The van der Waals surface area contributed by atoms with Crippen molar-refractivity contribution in [3.63, 3.8) is 0 Å². The average molecular weight is 711 g/mol. The van der Waals surface area contributed by atoms with E-state index in [-0.39, 0.29) is 0 Å². The normalized spacial score (nSPS) is 12.5. The summed E-state index contributed by atoms with van der Waals surface area (Å²) in [5.41, 5.74) is 14.2. The number of aromatic nitrogens is 3. The average Bonchev–Trinajstić information content (AvgIpc) is 3.82. The monoisotopic (exact) mass is 711 g/mol. The van der Waals surface area contributed by atoms with E-state index in [0.717, 1.165) is 31.0 Å². The second-order valence-corrected chi connectivity index (χ2v) is 13.4. The van der Waals surface area contributed by atoms with Gasteiger partial charge in [-0.15, -0.1) is 0 Å². The second-order valence-electron chi connectivity index (χ2n) is 13.4. The molecule has 1 atom stereocenters. The lowest BCUT2D eigenvalue weighted by molar-refractivity contribution is 0.353. The summed E-state index contributed by atoms with van der Waals surface area (Å²) < 4.78 is 0. The van der Waals surface area contributed by atoms with Crippen LogP contribution in [0.25, 0.3) is 10.9 Å². The van der Waals surface area contributed by atoms with Gasteiger partial charge in [-0.25, -0.2) is 0 Å². The Labute approximate surface area is 320 Å². The molecule has 6 heteroatoms. The molecule has 0 amide bonds. The van der Waals surface area contributed by atoms with E-state index >= 15 is 0 Å². The molecule has 8 rings (SSSR count). The maximum Gasteiger partial charge on any atom is 0.0850 e. The summed E-state index contributed by atoms with van der Waals surface area (Å²) >= 11 is 0. The van der Waals surface area contributed by atoms with E-state index in [1.54, 1.807) is 6.20 Å². The molecule has 2 aliphatic rings. The summed E-state index contributed by atoms with van der Waals surface area (Å²) in [6, 6.07) is 31.9. The van der Waals surface area contributed by atoms with Crippen molar-refractivity contribution in [2.24, 2.45) is 0 Å². The molecule has 0 saturated heterocycles. The molecule has 280 valence electrons. The van der Waals surface area contributed by atoms with Crippen molar-refractivity contribution in [1.29, 1.82) is 0 Å². The van der Waals surface area contributed by atoms with Gasteiger partial charge >= 0.3 is 0 Å². The number of benzene rings is 3. The number of aryl methyl sites for hydroxylation is 3. The SMILES string of the molecule is CC.CC.CC(C)c1ccc2c(c1)CN(C)C2.Cc1cc(C(C)c2cccnc2)ccn1.Cc1ccc2c(c1)NCN2.Cc1ccc2cccnc2c1. The molecule has 0 bridgehead atoms. The Morgan fingerprint density at radius 2 is 1.30 bits per heavy atom. The smallest absolute Gasteiger partial charge is 0.0850 e. The molecule has 1 unspecified atom stereocenters. The van der Waals surface area contributed by atoms with E-state index in [2.05, 4.69) is 151 Å². The summed E-state index contributed by atoms with van der Waals surface area (Å²) in [6.45, 7) is 24.0. The number of pyridine rings is 3. The molecule has 0 fully saturated rings. The first-order valence-corrected chi connectivity index (χ1v) is 19.2. The predicted octanol–water partition coefficient (Wildman–Crippen LogP) is 12.1. The fourth-order valence-corrected chi connectivity index (χ4v) is 5.97. The lowest BCUT2D eigenvalue weighted by Crippen LogP contribution is -2.07. The van der Waals surface area contributed by atoms with Crippen LogP contribution in [-0.4, -0.2) is 33.6 Å². The molecule has 53 heavy (non-hydrogen) atoms. The van der Waals surface area contributed by atoms with Crippen LogP contribution in [0.2, 0.25) is 0 Å². The zero-order valence-electron chi connectivity index (χ0n) is 34.0. The lowest BCUT2D eigenvalue weighted by atomic mass is 9.95. The minimum atomic E-state index is 0.375. The van der Waals surface area contributed by atoms with E-state index in [0.29, 0.717) is 11.8 Å². The predicted molar refractivity (Wildman–Crippen MR) is 229 cm³/mol. The fraction of sp³-hybridized carbons (Fsp3) is 0.340. The van der Waals surface area contributed by atoms with Crippen LogP contribution in [0.15, 0.2) is 116 Å². The van der Waals surface area contributed by atoms with Crippen LogP contribution in [0.4, 0.5) is 11.4 Å². The first-order valence-electron chi connectivity index (χ1n) is 19.2. The first kappa shape index (κ1) is 42.3. The zero-order valence-corrected chi connectivity index (χ0v) is 34.0. The van der Waals surface area contributed by atoms with Gasteiger partial charge < -0.3 is 10.6 Å². The fourth-order valence-electron chi connectivity index (χ4n) is 5.97. The quantitative estimate of drug-likeness (QED) is 0.191. The number of nitrogens with one attached hydrogen (secondary N) is 2. The third-order valence-corrected chi connectivity index (χ3v) is 8.88. The van der Waals surface area contributed by atoms with Gasteiger partial charge in [0.2, 0.25) is 0 Å². The Hall–Kier alpha value is -5.07. The van der Waals surface area contributed by atoms with Crippen LogP contribution in [0, 0.1) is 20.8 Å². The molecule has 6 aromatic rings. The molecule has 0 saturated carbocycles. The van der Waals surface area contributed by atoms with Gasteiger partial charge in [0.05, 0.1) is 23.6 Å². The minimum absolute atomic E-state index is 0.375. The van der Waals surface area contributed by atoms with Crippen LogP contribution in [0.1, 0.15) is 105 Å². The van der Waals surface area contributed by atoms with Gasteiger partial charge in [-0.2, -0.15) is 0 Å². The maximum atomic E-state index is 4.24. The van der Waals surface area contributed by atoms with E-state index in [4.69, 9.17) is 0 Å². The van der Waals surface area contributed by atoms with Crippen molar-refractivity contribution in [3.8, 4) is 0 Å². The van der Waals surface area contributed by atoms with Crippen molar-refractivity contribution >= 4 is 22.3 Å². The molecule has 5 heterocycles. The number of nitrogens with zero attached hydrogens (tertiary/aromatic N) is 4. The molecule has 3 aromatic carbocycles. The van der Waals surface area contributed by atoms with Crippen molar-refractivity contribution in [1.82, 2.24) is 19.9 Å². The number of hydrogen-bond acceptors (Lipinski definition) is 6. The topological polar surface area (TPSA) is 66.0 Å². The summed E-state index contributed by atoms with van der Waals surface area (Å²) in [6.07, 6.45) is 7.40. The highest BCUT2D eigenvalue weighted by molar-refractivity contribution is 5.78. The number of fused-ring (bicyclic) bond motifs is 3. The first-order chi connectivity index (χ1) is 25.7. The van der Waals surface area contributed by atoms with E-state index in [9.17, 15) is 0 Å². The van der Waals surface area contributed by atoms with Crippen LogP contribution >= 0.6 is 0 Å². The molecule has 0 aliphatic carbocycles. The Kier molecular flexibility index (Phi) is 17.7. The van der Waals surface area contributed by atoms with E-state index in [1.807, 2.05) is 65.3 Å². The minimum Gasteiger partial charge on any atom is -0.366 e. The summed E-state index contributed by atoms with van der Waals surface area (Å²) in [5, 5.41) is 7.65. The van der Waals surface area contributed by atoms with Crippen molar-refractivity contribution < 1.29 is 0 Å². The molecular weight excluding hydrogens is 649 g/mol. The van der Waals surface area contributed by atoms with Gasteiger partial charge in [-0.3, -0.25) is 19.9 Å². The highest BCUT2D eigenvalue weighted by atomic mass is 15.1. The molecule has 2 N–H and O–H groups in total. The molecule has 6 nitrogen and oxygen atoms in total. The Balaban J connectivity index is 0.000000186. The van der Waals surface area contributed by atoms with Crippen molar-refractivity contribution in [2.75, 3.05) is 24.3 Å². The molecular formula is C47H62N6. The third kappa shape index (κ3) is 13.1. The summed E-state index contributed by atoms with van der Waals surface area (Å²) in [4.78, 5) is 14.9. The largest absolute Gasteiger partial charge is 0.366 e. The van der Waals surface area contributed by atoms with Gasteiger partial charge in [-0.1, -0.05) is 97.0 Å². The van der Waals surface area contributed by atoms with E-state index in [1.165, 1.54) is 55.7 Å². The third-order valence-electron chi connectivity index (χ3n) is 8.88. The number of anilines is 2. The van der Waals surface area contributed by atoms with Crippen molar-refractivity contribution in [2.45, 2.75) is 94.2 Å². The van der Waals surface area contributed by atoms with Crippen LogP contribution in [0.5, 0.6) is 0 Å². The summed E-state index contributed by atoms with van der Waals surface area (Å²) in [5.74, 6) is 1.02. The number of hydrogen-bond donors (Lipinski definition) is 2. The standard InChI is InChI=1S/C13H14N2.C12H17N.C10H9N.C8H10N2.2C2H6/c1-10-8-12(5-7-15-10)11(2)13-4-3-6-14-9-13;1-9(2)10-4-5-11-7-13(3)8-12(11)6-10;1-8-4-5-9-3-2-6-11-10(9)7-8;1-6-2-3-7-8(4-6)10-5-9-7;2*1-2/h3-9,11H,1-2H3;4-6,9H,7-8H2,1-3H3;2-7H,1H3;2-4,9-10H,5H2,1H3;2*1-2H3. The molecule has 0 radical (unpaired) electrons. The molecule has 3 aromatic heterocycles. The summed E-state index contributed by atoms with van der Waals surface area (Å²) in [7, 11) is 2.18. The van der Waals surface area contributed by atoms with Gasteiger partial charge in [-0.05, 0) is 115 Å². The number of rotatable bonds is 3. The van der Waals surface area contributed by atoms with Crippen molar-refractivity contribution in [3.05, 3.63) is 160 Å². The van der Waals surface area contributed by atoms with Crippen LogP contribution in [0.3, 0.4) is 0 Å². The Morgan fingerprint density at radius 3 is 2.02 bits per heavy atom. The van der Waals surface area contributed by atoms with Gasteiger partial charge in [0.1, 0.15) is 0 Å². The van der Waals surface area contributed by atoms with Gasteiger partial charge in [0, 0.05) is 54.9 Å². The Morgan fingerprint density at radius 1 is 0.604 bits per heavy atom. The molecule has 0 spiro atoms. The van der Waals surface area contributed by atoms with Crippen LogP contribution < -0.4 is 10.6 Å². The van der Waals surface area contributed by atoms with Gasteiger partial charge in [0.25, 0.3) is 0 Å². The van der Waals surface area contributed by atoms with Gasteiger partial charge in [0.15, 0.2) is 0 Å². The van der Waals surface area contributed by atoms with E-state index < -0.39 is 0 Å².